The lowest BCUT2D eigenvalue weighted by molar-refractivity contribution is 0.0927. The van der Waals surface area contributed by atoms with Crippen molar-refractivity contribution >= 4 is 23.3 Å². The fourth-order valence-corrected chi connectivity index (χ4v) is 2.38. The quantitative estimate of drug-likeness (QED) is 0.795. The van der Waals surface area contributed by atoms with E-state index in [9.17, 15) is 4.79 Å². The van der Waals surface area contributed by atoms with Crippen LogP contribution in [0.5, 0.6) is 0 Å². The van der Waals surface area contributed by atoms with Crippen molar-refractivity contribution in [2.24, 2.45) is 0 Å². The summed E-state index contributed by atoms with van der Waals surface area (Å²) >= 11 is 5.77. The molecule has 0 spiro atoms. The highest BCUT2D eigenvalue weighted by atomic mass is 35.5. The first-order valence-corrected chi connectivity index (χ1v) is 6.27. The fourth-order valence-electron chi connectivity index (χ4n) is 2.16. The monoisotopic (exact) mass is 253 g/mol. The zero-order valence-electron chi connectivity index (χ0n) is 9.58. The molecule has 1 aromatic heterocycles. The van der Waals surface area contributed by atoms with E-state index in [0.29, 0.717) is 5.56 Å². The van der Waals surface area contributed by atoms with Gasteiger partial charge in [0.1, 0.15) is 11.0 Å². The maximum atomic E-state index is 12.0. The summed E-state index contributed by atoms with van der Waals surface area (Å²) < 4.78 is 0. The molecule has 2 rings (SSSR count). The molecule has 0 aliphatic heterocycles. The molecule has 17 heavy (non-hydrogen) atoms. The van der Waals surface area contributed by atoms with Crippen LogP contribution in [0.1, 0.15) is 42.5 Å². The van der Waals surface area contributed by atoms with Crippen molar-refractivity contribution in [2.75, 3.05) is 5.73 Å². The van der Waals surface area contributed by atoms with Gasteiger partial charge in [0.25, 0.3) is 5.91 Å². The zero-order valence-corrected chi connectivity index (χ0v) is 10.3. The van der Waals surface area contributed by atoms with Gasteiger partial charge in [-0.15, -0.1) is 0 Å². The van der Waals surface area contributed by atoms with Crippen LogP contribution in [-0.2, 0) is 0 Å². The summed E-state index contributed by atoms with van der Waals surface area (Å²) in [4.78, 5) is 15.8. The number of amides is 1. The van der Waals surface area contributed by atoms with E-state index in [2.05, 4.69) is 10.3 Å². The van der Waals surface area contributed by atoms with Crippen LogP contribution in [0.4, 0.5) is 5.82 Å². The third-order valence-electron chi connectivity index (χ3n) is 3.02. The van der Waals surface area contributed by atoms with E-state index in [1.54, 1.807) is 6.07 Å². The van der Waals surface area contributed by atoms with E-state index in [1.165, 1.54) is 25.3 Å². The van der Waals surface area contributed by atoms with Crippen LogP contribution in [0, 0.1) is 0 Å². The molecule has 0 bridgehead atoms. The minimum atomic E-state index is -0.118. The maximum absolute atomic E-state index is 12.0. The Balaban J connectivity index is 2.03. The summed E-state index contributed by atoms with van der Waals surface area (Å²) in [6.45, 7) is 0. The number of hydrogen-bond acceptors (Lipinski definition) is 3. The van der Waals surface area contributed by atoms with Gasteiger partial charge in [-0.05, 0) is 25.0 Å². The van der Waals surface area contributed by atoms with Gasteiger partial charge in [0.15, 0.2) is 0 Å². The second-order valence-corrected chi connectivity index (χ2v) is 4.80. The summed E-state index contributed by atoms with van der Waals surface area (Å²) in [5, 5.41) is 3.26. The molecule has 1 heterocycles. The first-order chi connectivity index (χ1) is 8.15. The Morgan fingerprint density at radius 1 is 1.35 bits per heavy atom. The SMILES string of the molecule is Nc1cc(C(=O)NC2CCCCC2)cc(Cl)n1. The molecule has 5 heteroatoms. The lowest BCUT2D eigenvalue weighted by Gasteiger charge is -2.22. The number of rotatable bonds is 2. The molecule has 92 valence electrons. The molecule has 0 unspecified atom stereocenters. The number of pyridine rings is 1. The summed E-state index contributed by atoms with van der Waals surface area (Å²) in [7, 11) is 0. The Morgan fingerprint density at radius 2 is 2.06 bits per heavy atom. The number of hydrogen-bond donors (Lipinski definition) is 2. The van der Waals surface area contributed by atoms with Crippen molar-refractivity contribution < 1.29 is 4.79 Å². The van der Waals surface area contributed by atoms with Crippen molar-refractivity contribution in [1.29, 1.82) is 0 Å². The van der Waals surface area contributed by atoms with E-state index in [0.717, 1.165) is 12.8 Å². The Hall–Kier alpha value is -1.29. The van der Waals surface area contributed by atoms with Gasteiger partial charge in [0.2, 0.25) is 0 Å². The molecule has 1 aliphatic carbocycles. The first-order valence-electron chi connectivity index (χ1n) is 5.89. The number of aromatic nitrogens is 1. The number of carbonyl (C=O) groups is 1. The number of halogens is 1. The highest BCUT2D eigenvalue weighted by molar-refractivity contribution is 6.29. The van der Waals surface area contributed by atoms with Gasteiger partial charge in [0, 0.05) is 11.6 Å². The fraction of sp³-hybridized carbons (Fsp3) is 0.500. The van der Waals surface area contributed by atoms with Gasteiger partial charge < -0.3 is 11.1 Å². The molecule has 0 atom stereocenters. The average Bonchev–Trinajstić information content (AvgIpc) is 2.29. The van der Waals surface area contributed by atoms with Crippen LogP contribution in [0.15, 0.2) is 12.1 Å². The van der Waals surface area contributed by atoms with Crippen molar-refractivity contribution in [3.63, 3.8) is 0 Å². The highest BCUT2D eigenvalue weighted by Gasteiger charge is 2.17. The molecule has 4 nitrogen and oxygen atoms in total. The second kappa shape index (κ2) is 5.36. The van der Waals surface area contributed by atoms with Crippen LogP contribution in [0.25, 0.3) is 0 Å². The number of nitrogens with zero attached hydrogens (tertiary/aromatic N) is 1. The maximum Gasteiger partial charge on any atom is 0.251 e. The molecular weight excluding hydrogens is 238 g/mol. The topological polar surface area (TPSA) is 68.0 Å². The number of carbonyl (C=O) groups excluding carboxylic acids is 1. The largest absolute Gasteiger partial charge is 0.384 e. The third-order valence-corrected chi connectivity index (χ3v) is 3.21. The molecule has 3 N–H and O–H groups in total. The van der Waals surface area contributed by atoms with Crippen LogP contribution in [-0.4, -0.2) is 16.9 Å². The molecule has 1 saturated carbocycles. The predicted molar refractivity (Wildman–Crippen MR) is 68.0 cm³/mol. The van der Waals surface area contributed by atoms with Gasteiger partial charge in [-0.2, -0.15) is 0 Å². The van der Waals surface area contributed by atoms with Crippen molar-refractivity contribution in [2.45, 2.75) is 38.1 Å². The third kappa shape index (κ3) is 3.33. The van der Waals surface area contributed by atoms with Gasteiger partial charge in [-0.1, -0.05) is 30.9 Å². The highest BCUT2D eigenvalue weighted by Crippen LogP contribution is 2.18. The average molecular weight is 254 g/mol. The predicted octanol–water partition coefficient (Wildman–Crippen LogP) is 2.38. The Labute approximate surface area is 106 Å². The number of nitrogens with one attached hydrogen (secondary N) is 1. The van der Waals surface area contributed by atoms with E-state index in [-0.39, 0.29) is 22.9 Å². The number of anilines is 1. The number of nitrogens with two attached hydrogens (primary N) is 1. The van der Waals surface area contributed by atoms with Crippen molar-refractivity contribution in [1.82, 2.24) is 10.3 Å². The van der Waals surface area contributed by atoms with Crippen molar-refractivity contribution in [3.8, 4) is 0 Å². The summed E-state index contributed by atoms with van der Waals surface area (Å²) in [6.07, 6.45) is 5.74. The van der Waals surface area contributed by atoms with Crippen LogP contribution in [0.3, 0.4) is 0 Å². The first kappa shape index (κ1) is 12.2. The zero-order chi connectivity index (χ0) is 12.3. The van der Waals surface area contributed by atoms with E-state index >= 15 is 0 Å². The summed E-state index contributed by atoms with van der Waals surface area (Å²) in [5.41, 5.74) is 6.03. The van der Waals surface area contributed by atoms with E-state index in [4.69, 9.17) is 17.3 Å². The second-order valence-electron chi connectivity index (χ2n) is 4.41. The van der Waals surface area contributed by atoms with E-state index < -0.39 is 0 Å². The van der Waals surface area contributed by atoms with Gasteiger partial charge in [0.05, 0.1) is 0 Å². The van der Waals surface area contributed by atoms with Crippen molar-refractivity contribution in [3.05, 3.63) is 22.8 Å². The van der Waals surface area contributed by atoms with Gasteiger partial charge in [-0.25, -0.2) is 4.98 Å². The Bertz CT molecular complexity index is 396. The summed E-state index contributed by atoms with van der Waals surface area (Å²) in [5.74, 6) is 0.152. The smallest absolute Gasteiger partial charge is 0.251 e. The normalized spacial score (nSPS) is 16.8. The molecular formula is C12H16ClN3O. The molecule has 1 aliphatic rings. The van der Waals surface area contributed by atoms with Crippen LogP contribution < -0.4 is 11.1 Å². The Morgan fingerprint density at radius 3 is 2.71 bits per heavy atom. The standard InChI is InChI=1S/C12H16ClN3O/c13-10-6-8(7-11(14)16-10)12(17)15-9-4-2-1-3-5-9/h6-7,9H,1-5H2,(H2,14,16)(H,15,17). The summed E-state index contributed by atoms with van der Waals surface area (Å²) in [6, 6.07) is 3.37. The van der Waals surface area contributed by atoms with Crippen LogP contribution >= 0.6 is 11.6 Å². The van der Waals surface area contributed by atoms with Crippen LogP contribution in [0.2, 0.25) is 5.15 Å². The Kier molecular flexibility index (Phi) is 3.84. The lowest BCUT2D eigenvalue weighted by atomic mass is 9.95. The van der Waals surface area contributed by atoms with Gasteiger partial charge in [-0.3, -0.25) is 4.79 Å². The molecule has 0 radical (unpaired) electrons. The lowest BCUT2D eigenvalue weighted by Crippen LogP contribution is -2.36. The molecule has 1 aromatic rings. The molecule has 1 fully saturated rings. The minimum Gasteiger partial charge on any atom is -0.384 e. The minimum absolute atomic E-state index is 0.118. The molecule has 1 amide bonds. The van der Waals surface area contributed by atoms with Gasteiger partial charge >= 0.3 is 0 Å². The molecule has 0 aromatic carbocycles. The van der Waals surface area contributed by atoms with E-state index in [1.807, 2.05) is 0 Å². The number of nitrogen functional groups attached to an aromatic ring is 1. The molecule has 0 saturated heterocycles.